The maximum Gasteiger partial charge on any atom is 0.416 e. The van der Waals surface area contributed by atoms with E-state index in [9.17, 15) is 22.8 Å². The van der Waals surface area contributed by atoms with Crippen LogP contribution in [0.15, 0.2) is 77.7 Å². The van der Waals surface area contributed by atoms with Gasteiger partial charge in [-0.1, -0.05) is 12.1 Å². The maximum atomic E-state index is 12.8. The lowest BCUT2D eigenvalue weighted by molar-refractivity contribution is -0.137. The zero-order valence-corrected chi connectivity index (χ0v) is 17.9. The number of nitrogens with one attached hydrogen (secondary N) is 2. The van der Waals surface area contributed by atoms with Gasteiger partial charge in [0.05, 0.1) is 11.3 Å². The molecule has 0 atom stereocenters. The lowest BCUT2D eigenvalue weighted by Crippen LogP contribution is -2.19. The number of fused-ring (bicyclic) bond motifs is 1. The van der Waals surface area contributed by atoms with Gasteiger partial charge >= 0.3 is 12.2 Å². The SMILES string of the molecule is Cc1cccn2c(=O)cc(COc3ccc(NC(=O)Nc4cccc(C(F)(F)F)c4)cc3)nc12. The van der Waals surface area contributed by atoms with Crippen LogP contribution < -0.4 is 20.9 Å². The van der Waals surface area contributed by atoms with Crippen LogP contribution in [0.4, 0.5) is 29.3 Å². The van der Waals surface area contributed by atoms with Crippen LogP contribution in [0.3, 0.4) is 0 Å². The minimum absolute atomic E-state index is 0.0151. The Kier molecular flexibility index (Phi) is 6.22. The van der Waals surface area contributed by atoms with E-state index in [1.165, 1.54) is 22.6 Å². The van der Waals surface area contributed by atoms with E-state index in [1.807, 2.05) is 13.0 Å². The van der Waals surface area contributed by atoms with Crippen molar-refractivity contribution in [2.75, 3.05) is 10.6 Å². The average Bonchev–Trinajstić information content (AvgIpc) is 2.79. The molecule has 4 rings (SSSR count). The fourth-order valence-electron chi connectivity index (χ4n) is 3.24. The van der Waals surface area contributed by atoms with Crippen LogP contribution in [0.2, 0.25) is 0 Å². The highest BCUT2D eigenvalue weighted by atomic mass is 19.4. The smallest absolute Gasteiger partial charge is 0.416 e. The third kappa shape index (κ3) is 5.34. The van der Waals surface area contributed by atoms with E-state index >= 15 is 0 Å². The number of hydrogen-bond donors (Lipinski definition) is 2. The van der Waals surface area contributed by atoms with Crippen LogP contribution in [0.5, 0.6) is 5.75 Å². The molecule has 0 fully saturated rings. The molecule has 34 heavy (non-hydrogen) atoms. The number of carbonyl (C=O) groups excluding carboxylic acids is 1. The number of amides is 2. The number of nitrogens with zero attached hydrogens (tertiary/aromatic N) is 2. The van der Waals surface area contributed by atoms with Crippen LogP contribution in [-0.4, -0.2) is 15.4 Å². The Bertz CT molecular complexity index is 1400. The van der Waals surface area contributed by atoms with Gasteiger partial charge in [0.25, 0.3) is 5.56 Å². The van der Waals surface area contributed by atoms with Crippen LogP contribution >= 0.6 is 0 Å². The molecule has 2 aromatic carbocycles. The Morgan fingerprint density at radius 1 is 1.00 bits per heavy atom. The second-order valence-electron chi connectivity index (χ2n) is 7.44. The Labute approximate surface area is 191 Å². The standard InChI is InChI=1S/C24H19F3N4O3/c1-15-4-3-11-31-21(32)13-19(28-22(15)31)14-34-20-9-7-17(8-10-20)29-23(33)30-18-6-2-5-16(12-18)24(25,26)27/h2-13H,14H2,1H3,(H2,29,30,33). The van der Waals surface area contributed by atoms with Gasteiger partial charge in [0.2, 0.25) is 0 Å². The topological polar surface area (TPSA) is 84.7 Å². The number of urea groups is 1. The van der Waals surface area contributed by atoms with Crippen molar-refractivity contribution in [1.82, 2.24) is 9.38 Å². The van der Waals surface area contributed by atoms with Gasteiger partial charge < -0.3 is 15.4 Å². The van der Waals surface area contributed by atoms with E-state index in [4.69, 9.17) is 4.74 Å². The van der Waals surface area contributed by atoms with Crippen LogP contribution in [0.25, 0.3) is 5.65 Å². The molecule has 0 radical (unpaired) electrons. The summed E-state index contributed by atoms with van der Waals surface area (Å²) in [7, 11) is 0. The molecule has 174 valence electrons. The number of benzene rings is 2. The van der Waals surface area contributed by atoms with Crippen LogP contribution in [-0.2, 0) is 12.8 Å². The highest BCUT2D eigenvalue weighted by molar-refractivity contribution is 5.99. The molecular weight excluding hydrogens is 449 g/mol. The second-order valence-corrected chi connectivity index (χ2v) is 7.44. The molecule has 2 amide bonds. The largest absolute Gasteiger partial charge is 0.487 e. The predicted octanol–water partition coefficient (Wildman–Crippen LogP) is 5.24. The Morgan fingerprint density at radius 2 is 1.74 bits per heavy atom. The van der Waals surface area contributed by atoms with E-state index in [0.717, 1.165) is 17.7 Å². The number of aromatic nitrogens is 2. The van der Waals surface area contributed by atoms with Gasteiger partial charge in [0.15, 0.2) is 0 Å². The molecule has 7 nitrogen and oxygen atoms in total. The van der Waals surface area contributed by atoms with E-state index in [-0.39, 0.29) is 17.9 Å². The summed E-state index contributed by atoms with van der Waals surface area (Å²) < 4.78 is 45.6. The third-order valence-corrected chi connectivity index (χ3v) is 4.89. The van der Waals surface area contributed by atoms with Crippen molar-refractivity contribution >= 4 is 23.1 Å². The highest BCUT2D eigenvalue weighted by Gasteiger charge is 2.30. The first-order valence-electron chi connectivity index (χ1n) is 10.1. The quantitative estimate of drug-likeness (QED) is 0.419. The normalized spacial score (nSPS) is 11.3. The van der Waals surface area contributed by atoms with E-state index in [2.05, 4.69) is 15.6 Å². The lowest BCUT2D eigenvalue weighted by Gasteiger charge is -2.11. The first-order valence-corrected chi connectivity index (χ1v) is 10.1. The minimum Gasteiger partial charge on any atom is -0.487 e. The summed E-state index contributed by atoms with van der Waals surface area (Å²) in [5, 5.41) is 4.91. The van der Waals surface area contributed by atoms with Crippen molar-refractivity contribution in [3.05, 3.63) is 100 Å². The van der Waals surface area contributed by atoms with Crippen molar-refractivity contribution in [2.45, 2.75) is 19.7 Å². The molecule has 0 aliphatic carbocycles. The van der Waals surface area contributed by atoms with Gasteiger partial charge in [-0.25, -0.2) is 9.78 Å². The van der Waals surface area contributed by atoms with Gasteiger partial charge in [-0.2, -0.15) is 13.2 Å². The zero-order valence-electron chi connectivity index (χ0n) is 17.9. The van der Waals surface area contributed by atoms with Crippen molar-refractivity contribution in [3.8, 4) is 5.75 Å². The van der Waals surface area contributed by atoms with Gasteiger partial charge in [0, 0.05) is 23.6 Å². The van der Waals surface area contributed by atoms with Gasteiger partial charge in [-0.05, 0) is 61.0 Å². The number of alkyl halides is 3. The first kappa shape index (κ1) is 22.8. The molecule has 0 saturated carbocycles. The number of ether oxygens (including phenoxy) is 1. The molecule has 0 aliphatic rings. The molecule has 0 saturated heterocycles. The van der Waals surface area contributed by atoms with Gasteiger partial charge in [0.1, 0.15) is 18.0 Å². The van der Waals surface area contributed by atoms with Crippen molar-refractivity contribution < 1.29 is 22.7 Å². The van der Waals surface area contributed by atoms with Crippen molar-refractivity contribution in [2.24, 2.45) is 0 Å². The molecule has 0 spiro atoms. The summed E-state index contributed by atoms with van der Waals surface area (Å²) in [6, 6.07) is 15.1. The molecule has 0 bridgehead atoms. The molecular formula is C24H19F3N4O3. The first-order chi connectivity index (χ1) is 16.2. The zero-order chi connectivity index (χ0) is 24.3. The molecule has 2 heterocycles. The number of anilines is 2. The molecule has 2 N–H and O–H groups in total. The van der Waals surface area contributed by atoms with Gasteiger partial charge in [-0.15, -0.1) is 0 Å². The number of hydrogen-bond acceptors (Lipinski definition) is 4. The summed E-state index contributed by atoms with van der Waals surface area (Å²) in [5.74, 6) is 0.482. The number of halogens is 3. The van der Waals surface area contributed by atoms with E-state index < -0.39 is 17.8 Å². The lowest BCUT2D eigenvalue weighted by atomic mass is 10.2. The Morgan fingerprint density at radius 3 is 2.47 bits per heavy atom. The summed E-state index contributed by atoms with van der Waals surface area (Å²) >= 11 is 0. The van der Waals surface area contributed by atoms with Crippen molar-refractivity contribution in [3.63, 3.8) is 0 Å². The molecule has 0 aliphatic heterocycles. The summed E-state index contributed by atoms with van der Waals surface area (Å²) in [5.41, 5.74) is 1.25. The van der Waals surface area contributed by atoms with E-state index in [1.54, 1.807) is 36.5 Å². The number of carbonyl (C=O) groups is 1. The minimum atomic E-state index is -4.50. The van der Waals surface area contributed by atoms with Gasteiger partial charge in [-0.3, -0.25) is 9.20 Å². The monoisotopic (exact) mass is 468 g/mol. The Balaban J connectivity index is 1.36. The Hall–Kier alpha value is -4.34. The molecule has 4 aromatic rings. The summed E-state index contributed by atoms with van der Waals surface area (Å²) in [4.78, 5) is 28.9. The number of rotatable bonds is 5. The fourth-order valence-corrected chi connectivity index (χ4v) is 3.24. The molecule has 0 unspecified atom stereocenters. The summed E-state index contributed by atoms with van der Waals surface area (Å²) in [6.07, 6.45) is -2.85. The fraction of sp³-hybridized carbons (Fsp3) is 0.125. The van der Waals surface area contributed by atoms with E-state index in [0.29, 0.717) is 22.8 Å². The van der Waals surface area contributed by atoms with Crippen LogP contribution in [0.1, 0.15) is 16.8 Å². The maximum absolute atomic E-state index is 12.8. The predicted molar refractivity (Wildman–Crippen MR) is 121 cm³/mol. The molecule has 2 aromatic heterocycles. The highest BCUT2D eigenvalue weighted by Crippen LogP contribution is 2.30. The van der Waals surface area contributed by atoms with Crippen molar-refractivity contribution in [1.29, 1.82) is 0 Å². The number of aryl methyl sites for hydroxylation is 1. The second kappa shape index (κ2) is 9.26. The third-order valence-electron chi connectivity index (χ3n) is 4.89. The summed E-state index contributed by atoms with van der Waals surface area (Å²) in [6.45, 7) is 1.93. The van der Waals surface area contributed by atoms with Crippen LogP contribution in [0, 0.1) is 6.92 Å². The molecule has 10 heteroatoms. The number of pyridine rings is 1. The average molecular weight is 468 g/mol.